The third-order valence-electron chi connectivity index (χ3n) is 13.0. The Morgan fingerprint density at radius 1 is 0.627 bits per heavy atom. The highest BCUT2D eigenvalue weighted by atomic mass is 127. The third kappa shape index (κ3) is 17.1. The van der Waals surface area contributed by atoms with Gasteiger partial charge in [-0.05, 0) is 173 Å². The normalized spacial score (nSPS) is 17.3. The predicted octanol–water partition coefficient (Wildman–Crippen LogP) is 6.53. The van der Waals surface area contributed by atoms with Gasteiger partial charge in [-0.15, -0.1) is 6.42 Å². The molecule has 17 heteroatoms. The molecule has 0 bridgehead atoms. The van der Waals surface area contributed by atoms with E-state index in [1.54, 1.807) is 62.4 Å². The van der Waals surface area contributed by atoms with E-state index in [4.69, 9.17) is 30.5 Å². The molecule has 75 heavy (non-hydrogen) atoms. The summed E-state index contributed by atoms with van der Waals surface area (Å²) in [5, 5.41) is 23.7. The molecule has 6 rings (SSSR count). The molecule has 16 nitrogen and oxygen atoms in total. The summed E-state index contributed by atoms with van der Waals surface area (Å²) in [6.45, 7) is 6.79. The number of hydrogen-bond acceptors (Lipinski definition) is 12. The van der Waals surface area contributed by atoms with Crippen LogP contribution in [0.15, 0.2) is 97.1 Å². The Kier molecular flexibility index (Phi) is 24.3. The van der Waals surface area contributed by atoms with Crippen molar-refractivity contribution in [2.75, 3.05) is 54.6 Å². The maximum atomic E-state index is 13.3. The van der Waals surface area contributed by atoms with Crippen LogP contribution in [0.2, 0.25) is 0 Å². The van der Waals surface area contributed by atoms with Crippen molar-refractivity contribution in [2.45, 2.75) is 102 Å². The van der Waals surface area contributed by atoms with E-state index in [0.29, 0.717) is 42.7 Å². The van der Waals surface area contributed by atoms with Gasteiger partial charge in [0.1, 0.15) is 13.2 Å². The van der Waals surface area contributed by atoms with Gasteiger partial charge in [-0.3, -0.25) is 28.8 Å². The second-order valence-electron chi connectivity index (χ2n) is 18.2. The van der Waals surface area contributed by atoms with E-state index in [2.05, 4.69) is 51.0 Å². The zero-order chi connectivity index (χ0) is 55.3. The summed E-state index contributed by atoms with van der Waals surface area (Å²) < 4.78 is 23.1. The lowest BCUT2D eigenvalue weighted by Gasteiger charge is -2.36. The number of aliphatic hydroxyl groups is 2. The number of hydrogen-bond donors (Lipinski definition) is 4. The molecule has 2 saturated heterocycles. The Balaban J connectivity index is 0.000000278. The van der Waals surface area contributed by atoms with Crippen molar-refractivity contribution in [3.8, 4) is 24.2 Å². The van der Waals surface area contributed by atoms with Crippen LogP contribution < -0.4 is 10.6 Å². The van der Waals surface area contributed by atoms with Gasteiger partial charge < -0.3 is 49.6 Å². The van der Waals surface area contributed by atoms with Crippen LogP contribution in [-0.2, 0) is 38.1 Å². The van der Waals surface area contributed by atoms with Crippen molar-refractivity contribution >= 4 is 57.8 Å². The zero-order valence-corrected chi connectivity index (χ0v) is 46.1. The summed E-state index contributed by atoms with van der Waals surface area (Å²) >= 11 is 2.14. The Bertz CT molecular complexity index is 2650. The molecule has 2 aliphatic heterocycles. The van der Waals surface area contributed by atoms with Gasteiger partial charge in [0.25, 0.3) is 23.6 Å². The lowest BCUT2D eigenvalue weighted by Crippen LogP contribution is -2.62. The van der Waals surface area contributed by atoms with Crippen molar-refractivity contribution < 1.29 is 57.9 Å². The van der Waals surface area contributed by atoms with Gasteiger partial charge >= 0.3 is 0 Å². The van der Waals surface area contributed by atoms with Crippen molar-refractivity contribution in [3.05, 3.63) is 140 Å². The van der Waals surface area contributed by atoms with Crippen LogP contribution >= 0.6 is 22.6 Å². The smallest absolute Gasteiger partial charge is 0.254 e. The first-order valence-corrected chi connectivity index (χ1v) is 25.7. The highest BCUT2D eigenvalue weighted by molar-refractivity contribution is 14.1. The molecule has 0 radical (unpaired) electrons. The highest BCUT2D eigenvalue weighted by Gasteiger charge is 2.48. The third-order valence-corrected chi connectivity index (χ3v) is 13.7. The predicted molar refractivity (Wildman–Crippen MR) is 292 cm³/mol. The number of Topliss-reactive ketones (excluding diaryl/α,β-unsaturated/α-hetero) is 2. The molecular formula is C58H69IN4O12. The fourth-order valence-corrected chi connectivity index (χ4v) is 8.01. The van der Waals surface area contributed by atoms with Gasteiger partial charge in [-0.2, -0.15) is 0 Å². The van der Waals surface area contributed by atoms with Crippen LogP contribution in [0.25, 0.3) is 0 Å². The minimum Gasteiger partial charge on any atom is -0.389 e. The Morgan fingerprint density at radius 3 is 1.29 bits per heavy atom. The molecule has 4 amide bonds. The maximum absolute atomic E-state index is 13.3. The number of carbonyl (C=O) groups is 6. The molecule has 4 aromatic carbocycles. The van der Waals surface area contributed by atoms with E-state index in [1.807, 2.05) is 48.5 Å². The van der Waals surface area contributed by atoms with E-state index in [-0.39, 0.29) is 13.2 Å². The van der Waals surface area contributed by atoms with Crippen molar-refractivity contribution in [1.29, 1.82) is 0 Å². The Hall–Kier alpha value is -6.29. The molecule has 6 atom stereocenters. The molecule has 0 aliphatic carbocycles. The molecule has 400 valence electrons. The number of ketones is 2. The molecule has 0 aromatic heterocycles. The van der Waals surface area contributed by atoms with Gasteiger partial charge in [-0.25, -0.2) is 0 Å². The highest BCUT2D eigenvalue weighted by Crippen LogP contribution is 2.24. The number of carbonyl (C=O) groups excluding carboxylic acids is 6. The average molecular weight is 1140 g/mol. The Labute approximate surface area is 454 Å². The summed E-state index contributed by atoms with van der Waals surface area (Å²) in [6.07, 6.45) is 8.49. The average Bonchev–Trinajstić information content (AvgIpc) is 3.44. The van der Waals surface area contributed by atoms with E-state index < -0.39 is 71.1 Å². The molecule has 0 saturated carbocycles. The van der Waals surface area contributed by atoms with Crippen LogP contribution in [0.1, 0.15) is 127 Å². The number of benzene rings is 4. The number of terminal acetylenes is 1. The molecule has 2 fully saturated rings. The number of halogens is 1. The van der Waals surface area contributed by atoms with E-state index >= 15 is 0 Å². The molecule has 4 N–H and O–H groups in total. The summed E-state index contributed by atoms with van der Waals surface area (Å²) in [7, 11) is 5.73. The number of nitrogens with one attached hydrogen (secondary N) is 2. The van der Waals surface area contributed by atoms with Crippen LogP contribution in [0.4, 0.5) is 0 Å². The van der Waals surface area contributed by atoms with Gasteiger partial charge in [0.05, 0.1) is 12.2 Å². The van der Waals surface area contributed by atoms with Crippen LogP contribution in [0.5, 0.6) is 0 Å². The number of amides is 4. The molecule has 2 aliphatic rings. The van der Waals surface area contributed by atoms with Gasteiger partial charge in [0.15, 0.2) is 35.2 Å². The van der Waals surface area contributed by atoms with E-state index in [9.17, 15) is 33.9 Å². The zero-order valence-electron chi connectivity index (χ0n) is 43.9. The molecular weight excluding hydrogens is 1070 g/mol. The van der Waals surface area contributed by atoms with Crippen LogP contribution in [0.3, 0.4) is 0 Å². The van der Waals surface area contributed by atoms with Gasteiger partial charge in [0.2, 0.25) is 0 Å². The quantitative estimate of drug-likeness (QED) is 0.0537. The summed E-state index contributed by atoms with van der Waals surface area (Å²) in [6, 6.07) is 28.2. The minimum absolute atomic E-state index is 0.307. The largest absolute Gasteiger partial charge is 0.389 e. The van der Waals surface area contributed by atoms with Crippen LogP contribution in [0, 0.1) is 27.8 Å². The minimum atomic E-state index is -1.77. The lowest BCUT2D eigenvalue weighted by molar-refractivity contribution is -0.174. The lowest BCUT2D eigenvalue weighted by atomic mass is 9.92. The first-order chi connectivity index (χ1) is 35.7. The summed E-state index contributed by atoms with van der Waals surface area (Å²) in [5.41, 5.74) is 1.30. The van der Waals surface area contributed by atoms with Gasteiger partial charge in [-0.1, -0.05) is 42.0 Å². The van der Waals surface area contributed by atoms with Crippen LogP contribution in [-0.4, -0.2) is 133 Å². The number of rotatable bonds is 16. The second kappa shape index (κ2) is 29.7. The second-order valence-corrected chi connectivity index (χ2v) is 19.4. The summed E-state index contributed by atoms with van der Waals surface area (Å²) in [4.78, 5) is 79.8. The van der Waals surface area contributed by atoms with Crippen molar-refractivity contribution in [2.24, 2.45) is 0 Å². The first-order valence-electron chi connectivity index (χ1n) is 24.6. The van der Waals surface area contributed by atoms with E-state index in [0.717, 1.165) is 56.4 Å². The number of likely N-dealkylation sites (N-methyl/N-ethyl adjacent to an activating group) is 4. The maximum Gasteiger partial charge on any atom is 0.254 e. The molecule has 2 unspecified atom stereocenters. The van der Waals surface area contributed by atoms with E-state index in [1.165, 1.54) is 46.9 Å². The summed E-state index contributed by atoms with van der Waals surface area (Å²) in [5.74, 6) is 5.49. The molecule has 2 heterocycles. The molecule has 4 aromatic rings. The first kappa shape index (κ1) is 61.3. The van der Waals surface area contributed by atoms with Gasteiger partial charge in [0, 0.05) is 72.8 Å². The number of ether oxygens (including phenoxy) is 4. The fraction of sp³-hybridized carbons (Fsp3) is 0.414. The number of nitrogens with zero attached hydrogens (tertiary/aromatic N) is 2. The topological polar surface area (TPSA) is 210 Å². The monoisotopic (exact) mass is 1140 g/mol. The Morgan fingerprint density at radius 2 is 0.973 bits per heavy atom. The number of aliphatic hydroxyl groups excluding tert-OH is 2. The van der Waals surface area contributed by atoms with Crippen molar-refractivity contribution in [3.63, 3.8) is 0 Å². The SMILES string of the molecule is C#Cc1ccc([C@@H](C)O)cc1.CNC(=O)[C@@](C)(C(=O)COC1CCCCO1)N(C)C(=O)c1ccc(C#Cc2ccc([C@@H](C)O)cc2)cc1.CNC(=O)[C@@](C)(C(=O)COC1CCCCO1)N(C)C(=O)c1ccc(I)cc1. The fourth-order valence-electron chi connectivity index (χ4n) is 7.65. The van der Waals surface area contributed by atoms with Crippen molar-refractivity contribution in [1.82, 2.24) is 20.4 Å². The standard InChI is InChI=1S/C29H34N2O6.C19H25IN2O5.C10H10O/c1-20(32)23-14-10-21(11-15-23)8-9-22-12-16-24(17-13-22)27(34)31(4)29(2,28(35)30-3)25(33)19-37-26-7-5-6-18-36-26;1-19(18(25)21-2,15(23)12-27-16-6-4-5-11-26-16)22(3)17(24)13-7-9-14(20)10-8-13;1-3-9-4-6-10(7-5-9)8(2)11/h10-17,20,26,32H,5-7,18-19H2,1-4H3,(H,30,35);7-10,16H,4-6,11-12H2,1-3H3,(H,21,25);1,4-8,11H,2H3/t20-,26?,29-;16?,19-;8-/m111/s1. The molecule has 0 spiro atoms.